The second-order valence-electron chi connectivity index (χ2n) is 6.80. The second-order valence-corrected chi connectivity index (χ2v) is 6.80. The molecule has 0 spiro atoms. The number of nitrogens with zero attached hydrogens (tertiary/aromatic N) is 1. The van der Waals surface area contributed by atoms with Crippen LogP contribution in [0.3, 0.4) is 0 Å². The quantitative estimate of drug-likeness (QED) is 0.659. The summed E-state index contributed by atoms with van der Waals surface area (Å²) in [5.74, 6) is 2.07. The van der Waals surface area contributed by atoms with E-state index in [4.69, 9.17) is 14.0 Å². The van der Waals surface area contributed by atoms with E-state index >= 15 is 0 Å². The molecule has 1 heterocycles. The molecule has 28 heavy (non-hydrogen) atoms. The standard InChI is InChI=1S/C22H22N2O4/c1-3-27-17-9-7-16(8-10-17)23-21(25)22(11-12-22)20-14-19(28-24-20)15-5-4-6-18(13-15)26-2/h4-10,13-14H,3,11-12H2,1-2H3,(H,23,25). The maximum absolute atomic E-state index is 12.9. The molecule has 1 aliphatic rings. The molecule has 3 aromatic rings. The van der Waals surface area contributed by atoms with Crippen LogP contribution in [-0.2, 0) is 10.2 Å². The van der Waals surface area contributed by atoms with Gasteiger partial charge in [0.25, 0.3) is 0 Å². The number of methoxy groups -OCH3 is 1. The summed E-state index contributed by atoms with van der Waals surface area (Å²) in [7, 11) is 1.62. The van der Waals surface area contributed by atoms with Crippen LogP contribution in [0.15, 0.2) is 59.1 Å². The predicted molar refractivity (Wildman–Crippen MR) is 106 cm³/mol. The van der Waals surface area contributed by atoms with E-state index in [0.29, 0.717) is 18.1 Å². The molecule has 1 saturated carbocycles. The van der Waals surface area contributed by atoms with Crippen LogP contribution in [0, 0.1) is 0 Å². The Morgan fingerprint density at radius 1 is 1.14 bits per heavy atom. The van der Waals surface area contributed by atoms with Crippen molar-refractivity contribution in [1.82, 2.24) is 5.16 Å². The van der Waals surface area contributed by atoms with Gasteiger partial charge in [-0.05, 0) is 56.2 Å². The first-order valence-electron chi connectivity index (χ1n) is 9.30. The Bertz CT molecular complexity index is 974. The molecule has 0 saturated heterocycles. The second kappa shape index (κ2) is 7.38. The number of aromatic nitrogens is 1. The molecule has 0 atom stereocenters. The monoisotopic (exact) mass is 378 g/mol. The zero-order valence-corrected chi connectivity index (χ0v) is 15.9. The van der Waals surface area contributed by atoms with Crippen molar-refractivity contribution in [3.05, 3.63) is 60.3 Å². The molecule has 1 amide bonds. The van der Waals surface area contributed by atoms with Crippen LogP contribution in [0.1, 0.15) is 25.5 Å². The number of hydrogen-bond acceptors (Lipinski definition) is 5. The Hall–Kier alpha value is -3.28. The van der Waals surface area contributed by atoms with Gasteiger partial charge in [-0.2, -0.15) is 0 Å². The number of ether oxygens (including phenoxy) is 2. The summed E-state index contributed by atoms with van der Waals surface area (Å²) < 4.78 is 16.2. The smallest absolute Gasteiger partial charge is 0.236 e. The summed E-state index contributed by atoms with van der Waals surface area (Å²) >= 11 is 0. The highest BCUT2D eigenvalue weighted by atomic mass is 16.5. The number of benzene rings is 2. The number of carbonyl (C=O) groups is 1. The Morgan fingerprint density at radius 2 is 1.93 bits per heavy atom. The summed E-state index contributed by atoms with van der Waals surface area (Å²) in [6.07, 6.45) is 1.50. The fourth-order valence-corrected chi connectivity index (χ4v) is 3.19. The van der Waals surface area contributed by atoms with Gasteiger partial charge in [0.15, 0.2) is 5.76 Å². The van der Waals surface area contributed by atoms with Crippen molar-refractivity contribution in [2.75, 3.05) is 19.0 Å². The van der Waals surface area contributed by atoms with Crippen LogP contribution in [0.2, 0.25) is 0 Å². The number of amides is 1. The van der Waals surface area contributed by atoms with Crippen LogP contribution >= 0.6 is 0 Å². The third-order valence-corrected chi connectivity index (χ3v) is 4.96. The number of nitrogens with one attached hydrogen (secondary N) is 1. The van der Waals surface area contributed by atoms with E-state index in [1.165, 1.54) is 0 Å². The van der Waals surface area contributed by atoms with Gasteiger partial charge >= 0.3 is 0 Å². The summed E-state index contributed by atoms with van der Waals surface area (Å²) in [6.45, 7) is 2.54. The molecule has 2 aromatic carbocycles. The first-order valence-corrected chi connectivity index (χ1v) is 9.30. The average molecular weight is 378 g/mol. The third kappa shape index (κ3) is 3.45. The van der Waals surface area contributed by atoms with E-state index < -0.39 is 5.41 Å². The molecular weight excluding hydrogens is 356 g/mol. The fraction of sp³-hybridized carbons (Fsp3) is 0.273. The maximum atomic E-state index is 12.9. The Morgan fingerprint density at radius 3 is 2.61 bits per heavy atom. The molecule has 1 fully saturated rings. The Kier molecular flexibility index (Phi) is 4.77. The molecule has 6 heteroatoms. The minimum absolute atomic E-state index is 0.0675. The Balaban J connectivity index is 1.51. The lowest BCUT2D eigenvalue weighted by molar-refractivity contribution is -0.118. The lowest BCUT2D eigenvalue weighted by Gasteiger charge is -2.13. The van der Waals surface area contributed by atoms with Gasteiger partial charge in [0.1, 0.15) is 11.5 Å². The number of rotatable bonds is 7. The highest BCUT2D eigenvalue weighted by Gasteiger charge is 2.53. The summed E-state index contributed by atoms with van der Waals surface area (Å²) in [5, 5.41) is 7.17. The van der Waals surface area contributed by atoms with Gasteiger partial charge < -0.3 is 19.3 Å². The molecule has 0 radical (unpaired) electrons. The molecule has 144 valence electrons. The van der Waals surface area contributed by atoms with Gasteiger partial charge in [0.2, 0.25) is 5.91 Å². The van der Waals surface area contributed by atoms with Crippen molar-refractivity contribution in [2.24, 2.45) is 0 Å². The van der Waals surface area contributed by atoms with Gasteiger partial charge in [0.05, 0.1) is 24.8 Å². The van der Waals surface area contributed by atoms with Gasteiger partial charge in [-0.1, -0.05) is 17.3 Å². The molecule has 0 aliphatic heterocycles. The normalized spacial score (nSPS) is 14.4. The fourth-order valence-electron chi connectivity index (χ4n) is 3.19. The average Bonchev–Trinajstić information content (AvgIpc) is 3.39. The van der Waals surface area contributed by atoms with E-state index in [1.807, 2.05) is 61.5 Å². The predicted octanol–water partition coefficient (Wildman–Crippen LogP) is 4.42. The molecule has 6 nitrogen and oxygen atoms in total. The highest BCUT2D eigenvalue weighted by molar-refractivity contribution is 6.01. The lowest BCUT2D eigenvalue weighted by Crippen LogP contribution is -2.28. The first kappa shape index (κ1) is 18.1. The Labute approximate surface area is 163 Å². The summed E-state index contributed by atoms with van der Waals surface area (Å²) in [5.41, 5.74) is 1.63. The SMILES string of the molecule is CCOc1ccc(NC(=O)C2(c3cc(-c4cccc(OC)c4)on3)CC2)cc1. The minimum atomic E-state index is -0.626. The van der Waals surface area contributed by atoms with Gasteiger partial charge in [-0.25, -0.2) is 0 Å². The van der Waals surface area contributed by atoms with E-state index in [9.17, 15) is 4.79 Å². The molecule has 1 aliphatic carbocycles. The molecule has 4 rings (SSSR count). The van der Waals surface area contributed by atoms with Crippen LogP contribution < -0.4 is 14.8 Å². The molecule has 0 unspecified atom stereocenters. The number of hydrogen-bond donors (Lipinski definition) is 1. The maximum Gasteiger partial charge on any atom is 0.236 e. The van der Waals surface area contributed by atoms with E-state index in [-0.39, 0.29) is 5.91 Å². The van der Waals surface area contributed by atoms with Gasteiger partial charge in [-0.3, -0.25) is 4.79 Å². The van der Waals surface area contributed by atoms with Crippen molar-refractivity contribution in [2.45, 2.75) is 25.2 Å². The third-order valence-electron chi connectivity index (χ3n) is 4.96. The zero-order chi connectivity index (χ0) is 19.6. The minimum Gasteiger partial charge on any atom is -0.497 e. The number of anilines is 1. The van der Waals surface area contributed by atoms with Crippen molar-refractivity contribution in [1.29, 1.82) is 0 Å². The first-order chi connectivity index (χ1) is 13.6. The van der Waals surface area contributed by atoms with Gasteiger partial charge in [-0.15, -0.1) is 0 Å². The summed E-state index contributed by atoms with van der Waals surface area (Å²) in [4.78, 5) is 12.9. The van der Waals surface area contributed by atoms with Crippen LogP contribution in [0.5, 0.6) is 11.5 Å². The van der Waals surface area contributed by atoms with Crippen LogP contribution in [0.4, 0.5) is 5.69 Å². The van der Waals surface area contributed by atoms with E-state index in [1.54, 1.807) is 7.11 Å². The van der Waals surface area contributed by atoms with Crippen molar-refractivity contribution in [3.63, 3.8) is 0 Å². The largest absolute Gasteiger partial charge is 0.497 e. The molecule has 0 bridgehead atoms. The zero-order valence-electron chi connectivity index (χ0n) is 15.9. The van der Waals surface area contributed by atoms with E-state index in [2.05, 4.69) is 10.5 Å². The molecule has 1 aromatic heterocycles. The lowest BCUT2D eigenvalue weighted by atomic mass is 10.00. The van der Waals surface area contributed by atoms with Crippen molar-refractivity contribution in [3.8, 4) is 22.8 Å². The highest BCUT2D eigenvalue weighted by Crippen LogP contribution is 2.49. The molecular formula is C22H22N2O4. The van der Waals surface area contributed by atoms with Crippen molar-refractivity contribution >= 4 is 11.6 Å². The van der Waals surface area contributed by atoms with Gasteiger partial charge in [0, 0.05) is 17.3 Å². The van der Waals surface area contributed by atoms with E-state index in [0.717, 1.165) is 35.6 Å². The van der Waals surface area contributed by atoms with Crippen molar-refractivity contribution < 1.29 is 18.8 Å². The molecule has 1 N–H and O–H groups in total. The van der Waals surface area contributed by atoms with Crippen LogP contribution in [0.25, 0.3) is 11.3 Å². The summed E-state index contributed by atoms with van der Waals surface area (Å²) in [6, 6.07) is 16.8. The number of carbonyl (C=O) groups excluding carboxylic acids is 1. The van der Waals surface area contributed by atoms with Crippen LogP contribution in [-0.4, -0.2) is 24.8 Å². The topological polar surface area (TPSA) is 73.6 Å².